The van der Waals surface area contributed by atoms with Gasteiger partial charge in [0.15, 0.2) is 0 Å². The van der Waals surface area contributed by atoms with Crippen molar-refractivity contribution in [1.29, 1.82) is 0 Å². The Labute approximate surface area is 171 Å². The van der Waals surface area contributed by atoms with E-state index in [9.17, 15) is 27.2 Å². The van der Waals surface area contributed by atoms with Crippen molar-refractivity contribution >= 4 is 46.3 Å². The number of alkyl halides is 3. The van der Waals surface area contributed by atoms with Crippen LogP contribution in [-0.4, -0.2) is 32.7 Å². The number of carbonyl (C=O) groups excluding carboxylic acids is 1. The van der Waals surface area contributed by atoms with Crippen molar-refractivity contribution in [2.45, 2.75) is 6.18 Å². The van der Waals surface area contributed by atoms with Crippen LogP contribution in [0.5, 0.6) is 0 Å². The van der Waals surface area contributed by atoms with Crippen LogP contribution in [0.2, 0.25) is 0 Å². The van der Waals surface area contributed by atoms with Crippen molar-refractivity contribution in [2.75, 3.05) is 6.54 Å². The summed E-state index contributed by atoms with van der Waals surface area (Å²) in [6, 6.07) is 8.98. The van der Waals surface area contributed by atoms with Gasteiger partial charge in [0.2, 0.25) is 0 Å². The molecule has 0 atom stereocenters. The number of nitrogens with zero attached hydrogens (tertiary/aromatic N) is 1. The molecule has 0 bridgehead atoms. The lowest BCUT2D eigenvalue weighted by Gasteiger charge is -2.10. The molecule has 1 heterocycles. The van der Waals surface area contributed by atoms with Crippen LogP contribution in [0.4, 0.5) is 17.6 Å². The molecule has 0 unspecified atom stereocenters. The van der Waals surface area contributed by atoms with Gasteiger partial charge in [0.25, 0.3) is 5.91 Å². The third-order valence-corrected chi connectivity index (χ3v) is 5.36. The minimum atomic E-state index is -4.80. The van der Waals surface area contributed by atoms with E-state index < -0.39 is 36.0 Å². The summed E-state index contributed by atoms with van der Waals surface area (Å²) in [6.45, 7) is -0.535. The van der Waals surface area contributed by atoms with Crippen LogP contribution in [0.25, 0.3) is 17.2 Å². The molecule has 1 saturated heterocycles. The highest BCUT2D eigenvalue weighted by molar-refractivity contribution is 8.26. The molecule has 2 aromatic rings. The molecule has 1 N–H and O–H groups in total. The number of halogens is 4. The summed E-state index contributed by atoms with van der Waals surface area (Å²) >= 11 is 5.97. The predicted octanol–water partition coefficient (Wildman–Crippen LogP) is 4.80. The molecular weight excluding hydrogens is 430 g/mol. The number of benzene rings is 2. The molecule has 2 aromatic carbocycles. The zero-order valence-corrected chi connectivity index (χ0v) is 16.0. The number of hydrogen-bond acceptors (Lipinski definition) is 4. The number of thiocarbonyl (C=S) groups is 1. The van der Waals surface area contributed by atoms with Gasteiger partial charge in [0, 0.05) is 0 Å². The third kappa shape index (κ3) is 4.65. The molecular formula is C19H11F4NO3S2. The fraction of sp³-hybridized carbons (Fsp3) is 0.105. The number of aliphatic carboxylic acids is 1. The number of carboxylic acid groups (broad SMARTS) is 1. The van der Waals surface area contributed by atoms with Gasteiger partial charge in [0.05, 0.1) is 10.5 Å². The lowest BCUT2D eigenvalue weighted by atomic mass is 10.0. The monoisotopic (exact) mass is 441 g/mol. The number of rotatable bonds is 4. The van der Waals surface area contributed by atoms with Crippen molar-refractivity contribution in [3.8, 4) is 11.1 Å². The Morgan fingerprint density at radius 3 is 2.34 bits per heavy atom. The molecule has 10 heteroatoms. The van der Waals surface area contributed by atoms with Gasteiger partial charge in [-0.15, -0.1) is 0 Å². The first-order chi connectivity index (χ1) is 13.6. The van der Waals surface area contributed by atoms with E-state index in [-0.39, 0.29) is 14.8 Å². The first kappa shape index (κ1) is 21.0. The third-order valence-electron chi connectivity index (χ3n) is 3.98. The van der Waals surface area contributed by atoms with Crippen molar-refractivity contribution in [3.05, 3.63) is 64.3 Å². The number of amides is 1. The van der Waals surface area contributed by atoms with Crippen molar-refractivity contribution in [3.63, 3.8) is 0 Å². The maximum absolute atomic E-state index is 13.4. The van der Waals surface area contributed by atoms with Crippen molar-refractivity contribution in [1.82, 2.24) is 4.90 Å². The molecule has 0 saturated carbocycles. The molecule has 0 radical (unpaired) electrons. The Balaban J connectivity index is 1.85. The fourth-order valence-corrected chi connectivity index (χ4v) is 3.87. The van der Waals surface area contributed by atoms with E-state index in [0.29, 0.717) is 11.1 Å². The maximum atomic E-state index is 13.4. The smallest absolute Gasteiger partial charge is 0.419 e. The summed E-state index contributed by atoms with van der Waals surface area (Å²) in [4.78, 5) is 24.3. The van der Waals surface area contributed by atoms with Crippen LogP contribution in [0.1, 0.15) is 11.1 Å². The fourth-order valence-electron chi connectivity index (χ4n) is 2.62. The summed E-state index contributed by atoms with van der Waals surface area (Å²) in [5, 5.41) is 8.84. The minimum absolute atomic E-state index is 0.131. The molecule has 1 fully saturated rings. The van der Waals surface area contributed by atoms with Crippen LogP contribution in [0.3, 0.4) is 0 Å². The van der Waals surface area contributed by atoms with Gasteiger partial charge in [-0.25, -0.2) is 4.39 Å². The largest absolute Gasteiger partial charge is 0.480 e. The Kier molecular flexibility index (Phi) is 5.76. The van der Waals surface area contributed by atoms with Gasteiger partial charge in [-0.05, 0) is 34.9 Å². The molecule has 29 heavy (non-hydrogen) atoms. The highest BCUT2D eigenvalue weighted by atomic mass is 32.2. The van der Waals surface area contributed by atoms with Crippen LogP contribution in [0, 0.1) is 5.82 Å². The number of carboxylic acids is 1. The minimum Gasteiger partial charge on any atom is -0.480 e. The molecule has 0 spiro atoms. The SMILES string of the molecule is O=C(O)CN1C(=O)/C(=C/c2ccc(-c3ccc(F)c(C(F)(F)F)c3)cc2)SC1=S. The maximum Gasteiger partial charge on any atom is 0.419 e. The van der Waals surface area contributed by atoms with Crippen LogP contribution in [-0.2, 0) is 15.8 Å². The summed E-state index contributed by atoms with van der Waals surface area (Å²) in [6.07, 6.45) is -3.29. The van der Waals surface area contributed by atoms with Crippen LogP contribution < -0.4 is 0 Å². The summed E-state index contributed by atoms with van der Waals surface area (Å²) in [7, 11) is 0. The van der Waals surface area contributed by atoms with E-state index in [2.05, 4.69) is 0 Å². The lowest BCUT2D eigenvalue weighted by molar-refractivity contribution is -0.140. The Morgan fingerprint density at radius 2 is 1.76 bits per heavy atom. The molecule has 0 aromatic heterocycles. The topological polar surface area (TPSA) is 57.6 Å². The van der Waals surface area contributed by atoms with E-state index in [1.807, 2.05) is 0 Å². The second kappa shape index (κ2) is 7.96. The summed E-state index contributed by atoms with van der Waals surface area (Å²) in [5.41, 5.74) is -0.145. The zero-order chi connectivity index (χ0) is 21.3. The van der Waals surface area contributed by atoms with Crippen LogP contribution >= 0.6 is 24.0 Å². The van der Waals surface area contributed by atoms with Gasteiger partial charge in [-0.2, -0.15) is 13.2 Å². The van der Waals surface area contributed by atoms with Crippen LogP contribution in [0.15, 0.2) is 47.4 Å². The molecule has 1 aliphatic heterocycles. The summed E-state index contributed by atoms with van der Waals surface area (Å²) < 4.78 is 52.2. The van der Waals surface area contributed by atoms with E-state index in [1.54, 1.807) is 12.1 Å². The number of thioether (sulfide) groups is 1. The average molecular weight is 441 g/mol. The standard InChI is InChI=1S/C19H11F4NO3S2/c20-14-6-5-12(8-13(14)19(21,22)23)11-3-1-10(2-4-11)7-15-17(27)24(9-16(25)26)18(28)29-15/h1-8H,9H2,(H,25,26)/b15-7-. The Hall–Kier alpha value is -2.72. The number of hydrogen-bond donors (Lipinski definition) is 1. The molecule has 4 nitrogen and oxygen atoms in total. The molecule has 1 aliphatic rings. The van der Waals surface area contributed by atoms with Crippen molar-refractivity contribution < 1.29 is 32.3 Å². The normalized spacial score (nSPS) is 16.0. The molecule has 0 aliphatic carbocycles. The number of carbonyl (C=O) groups is 2. The highest BCUT2D eigenvalue weighted by Gasteiger charge is 2.34. The zero-order valence-electron chi connectivity index (χ0n) is 14.4. The second-order valence-corrected chi connectivity index (χ2v) is 7.65. The summed E-state index contributed by atoms with van der Waals surface area (Å²) in [5.74, 6) is -3.06. The first-order valence-electron chi connectivity index (χ1n) is 8.00. The highest BCUT2D eigenvalue weighted by Crippen LogP contribution is 2.35. The van der Waals surface area contributed by atoms with Gasteiger partial charge in [0.1, 0.15) is 16.7 Å². The quantitative estimate of drug-likeness (QED) is 0.420. The molecule has 150 valence electrons. The van der Waals surface area contributed by atoms with E-state index >= 15 is 0 Å². The predicted molar refractivity (Wildman–Crippen MR) is 104 cm³/mol. The molecule has 1 amide bonds. The van der Waals surface area contributed by atoms with Gasteiger partial charge in [-0.3, -0.25) is 14.5 Å². The van der Waals surface area contributed by atoms with Gasteiger partial charge >= 0.3 is 12.1 Å². The Bertz CT molecular complexity index is 1030. The van der Waals surface area contributed by atoms with E-state index in [1.165, 1.54) is 24.3 Å². The average Bonchev–Trinajstić information content (AvgIpc) is 2.89. The second-order valence-electron chi connectivity index (χ2n) is 5.98. The lowest BCUT2D eigenvalue weighted by Crippen LogP contribution is -2.33. The Morgan fingerprint density at radius 1 is 1.14 bits per heavy atom. The van der Waals surface area contributed by atoms with Gasteiger partial charge in [-0.1, -0.05) is 54.3 Å². The van der Waals surface area contributed by atoms with Gasteiger partial charge < -0.3 is 5.11 Å². The van der Waals surface area contributed by atoms with E-state index in [4.69, 9.17) is 17.3 Å². The molecule has 3 rings (SSSR count). The van der Waals surface area contributed by atoms with Crippen molar-refractivity contribution in [2.24, 2.45) is 0 Å². The first-order valence-corrected chi connectivity index (χ1v) is 9.23. The van der Waals surface area contributed by atoms with E-state index in [0.717, 1.165) is 28.8 Å².